The highest BCUT2D eigenvalue weighted by molar-refractivity contribution is 6.39. The van der Waals surface area contributed by atoms with Crippen molar-refractivity contribution in [1.29, 1.82) is 0 Å². The fourth-order valence-electron chi connectivity index (χ4n) is 2.94. The van der Waals surface area contributed by atoms with E-state index in [0.29, 0.717) is 5.56 Å². The summed E-state index contributed by atoms with van der Waals surface area (Å²) in [7, 11) is 1.86. The van der Waals surface area contributed by atoms with Gasteiger partial charge in [0.05, 0.1) is 12.2 Å². The van der Waals surface area contributed by atoms with Crippen LogP contribution in [0.3, 0.4) is 0 Å². The average Bonchev–Trinajstić information content (AvgIpc) is 2.93. The topological polar surface area (TPSA) is 76.0 Å². The molecule has 0 saturated heterocycles. The summed E-state index contributed by atoms with van der Waals surface area (Å²) < 4.78 is 15.3. The molecule has 0 radical (unpaired) electrons. The van der Waals surface area contributed by atoms with Crippen molar-refractivity contribution in [3.63, 3.8) is 0 Å². The van der Waals surface area contributed by atoms with E-state index in [4.69, 9.17) is 0 Å². The number of carbonyl (C=O) groups is 2. The van der Waals surface area contributed by atoms with E-state index in [1.807, 2.05) is 7.05 Å². The minimum atomic E-state index is -0.811. The van der Waals surface area contributed by atoms with Gasteiger partial charge in [-0.15, -0.1) is 0 Å². The maximum absolute atomic E-state index is 13.5. The number of halogens is 1. The Morgan fingerprint density at radius 2 is 2.12 bits per heavy atom. The molecule has 0 bridgehead atoms. The lowest BCUT2D eigenvalue weighted by Crippen LogP contribution is -2.38. The average molecular weight is 330 g/mol. The van der Waals surface area contributed by atoms with Crippen LogP contribution in [-0.4, -0.2) is 21.6 Å². The molecule has 2 amide bonds. The zero-order valence-electron chi connectivity index (χ0n) is 13.6. The molecule has 24 heavy (non-hydrogen) atoms. The number of rotatable bonds is 2. The molecular formula is C17H19FN4O2. The molecule has 0 fully saturated rings. The second-order valence-corrected chi connectivity index (χ2v) is 6.01. The van der Waals surface area contributed by atoms with E-state index in [1.54, 1.807) is 29.9 Å². The molecule has 1 aliphatic carbocycles. The van der Waals surface area contributed by atoms with Crippen molar-refractivity contribution in [2.24, 2.45) is 7.05 Å². The molecule has 0 spiro atoms. The summed E-state index contributed by atoms with van der Waals surface area (Å²) in [5.74, 6) is -1.98. The van der Waals surface area contributed by atoms with Gasteiger partial charge in [0.1, 0.15) is 5.82 Å². The quantitative estimate of drug-likeness (QED) is 0.827. The summed E-state index contributed by atoms with van der Waals surface area (Å²) in [5.41, 5.74) is 2.76. The molecular weight excluding hydrogens is 311 g/mol. The van der Waals surface area contributed by atoms with Crippen molar-refractivity contribution in [2.45, 2.75) is 32.2 Å². The van der Waals surface area contributed by atoms with Crippen molar-refractivity contribution in [2.75, 3.05) is 5.32 Å². The Bertz CT molecular complexity index is 800. The Balaban J connectivity index is 1.66. The Kier molecular flexibility index (Phi) is 4.33. The number of carbonyl (C=O) groups excluding carboxylic acids is 2. The Morgan fingerprint density at radius 3 is 2.88 bits per heavy atom. The van der Waals surface area contributed by atoms with Crippen molar-refractivity contribution in [3.05, 3.63) is 47.0 Å². The summed E-state index contributed by atoms with van der Waals surface area (Å²) in [4.78, 5) is 24.2. The third-order valence-electron chi connectivity index (χ3n) is 4.32. The molecule has 1 unspecified atom stereocenters. The lowest BCUT2D eigenvalue weighted by molar-refractivity contribution is -0.136. The molecule has 1 atom stereocenters. The van der Waals surface area contributed by atoms with Gasteiger partial charge in [-0.25, -0.2) is 4.39 Å². The van der Waals surface area contributed by atoms with Crippen molar-refractivity contribution in [1.82, 2.24) is 15.1 Å². The van der Waals surface area contributed by atoms with E-state index in [1.165, 1.54) is 6.07 Å². The number of amides is 2. The molecule has 3 rings (SSSR count). The second kappa shape index (κ2) is 6.43. The Hall–Kier alpha value is -2.70. The first-order chi connectivity index (χ1) is 11.5. The molecule has 0 saturated carbocycles. The van der Waals surface area contributed by atoms with Crippen LogP contribution in [0.15, 0.2) is 24.4 Å². The summed E-state index contributed by atoms with van der Waals surface area (Å²) in [6, 6.07) is 4.07. The minimum Gasteiger partial charge on any atom is -0.341 e. The van der Waals surface area contributed by atoms with Crippen LogP contribution in [0.4, 0.5) is 10.1 Å². The van der Waals surface area contributed by atoms with E-state index in [0.717, 1.165) is 30.5 Å². The largest absolute Gasteiger partial charge is 0.341 e. The molecule has 6 nitrogen and oxygen atoms in total. The van der Waals surface area contributed by atoms with Crippen LogP contribution >= 0.6 is 0 Å². The van der Waals surface area contributed by atoms with Gasteiger partial charge in [0.2, 0.25) is 0 Å². The molecule has 2 N–H and O–H groups in total. The molecule has 1 aromatic carbocycles. The van der Waals surface area contributed by atoms with Gasteiger partial charge in [-0.1, -0.05) is 6.07 Å². The van der Waals surface area contributed by atoms with E-state index >= 15 is 0 Å². The molecule has 1 heterocycles. The number of aryl methyl sites for hydroxylation is 2. The molecule has 2 aromatic rings. The zero-order valence-corrected chi connectivity index (χ0v) is 13.6. The maximum atomic E-state index is 13.5. The number of benzene rings is 1. The fourth-order valence-corrected chi connectivity index (χ4v) is 2.94. The highest BCUT2D eigenvalue weighted by atomic mass is 19.1. The number of hydrogen-bond acceptors (Lipinski definition) is 3. The van der Waals surface area contributed by atoms with E-state index in [9.17, 15) is 14.0 Å². The predicted octanol–water partition coefficient (Wildman–Crippen LogP) is 2.00. The number of aromatic nitrogens is 2. The molecule has 1 aliphatic rings. The van der Waals surface area contributed by atoms with Crippen LogP contribution in [-0.2, 0) is 23.1 Å². The maximum Gasteiger partial charge on any atom is 0.313 e. The van der Waals surface area contributed by atoms with Crippen LogP contribution < -0.4 is 10.6 Å². The smallest absolute Gasteiger partial charge is 0.313 e. The van der Waals surface area contributed by atoms with Crippen molar-refractivity contribution >= 4 is 17.5 Å². The monoisotopic (exact) mass is 330 g/mol. The van der Waals surface area contributed by atoms with Crippen LogP contribution in [0.2, 0.25) is 0 Å². The minimum absolute atomic E-state index is 0.226. The third kappa shape index (κ3) is 3.15. The SMILES string of the molecule is Cc1ccc(NC(=O)C(=O)NC2CCCc3c2cnn3C)cc1F. The lowest BCUT2D eigenvalue weighted by Gasteiger charge is -2.23. The van der Waals surface area contributed by atoms with Crippen LogP contribution in [0.1, 0.15) is 35.7 Å². The molecule has 1 aromatic heterocycles. The van der Waals surface area contributed by atoms with Crippen molar-refractivity contribution < 1.29 is 14.0 Å². The van der Waals surface area contributed by atoms with Crippen LogP contribution in [0.25, 0.3) is 0 Å². The van der Waals surface area contributed by atoms with Gasteiger partial charge in [-0.3, -0.25) is 14.3 Å². The number of nitrogens with zero attached hydrogens (tertiary/aromatic N) is 2. The second-order valence-electron chi connectivity index (χ2n) is 6.01. The van der Waals surface area contributed by atoms with Gasteiger partial charge in [0.25, 0.3) is 0 Å². The van der Waals surface area contributed by atoms with Gasteiger partial charge in [-0.2, -0.15) is 5.10 Å². The number of hydrogen-bond donors (Lipinski definition) is 2. The van der Waals surface area contributed by atoms with Crippen LogP contribution in [0, 0.1) is 12.7 Å². The molecule has 0 aliphatic heterocycles. The Morgan fingerprint density at radius 1 is 1.33 bits per heavy atom. The van der Waals surface area contributed by atoms with Gasteiger partial charge < -0.3 is 10.6 Å². The molecule has 126 valence electrons. The highest BCUT2D eigenvalue weighted by Gasteiger charge is 2.26. The van der Waals surface area contributed by atoms with Gasteiger partial charge >= 0.3 is 11.8 Å². The molecule has 7 heteroatoms. The third-order valence-corrected chi connectivity index (χ3v) is 4.32. The summed E-state index contributed by atoms with van der Waals surface area (Å²) in [6.45, 7) is 1.63. The summed E-state index contributed by atoms with van der Waals surface area (Å²) in [6.07, 6.45) is 4.32. The van der Waals surface area contributed by atoms with Crippen molar-refractivity contribution in [3.8, 4) is 0 Å². The first kappa shape index (κ1) is 16.2. The summed E-state index contributed by atoms with van der Waals surface area (Å²) in [5, 5.41) is 9.36. The van der Waals surface area contributed by atoms with E-state index in [-0.39, 0.29) is 11.7 Å². The van der Waals surface area contributed by atoms with E-state index in [2.05, 4.69) is 15.7 Å². The van der Waals surface area contributed by atoms with Gasteiger partial charge in [-0.05, 0) is 43.9 Å². The van der Waals surface area contributed by atoms with Gasteiger partial charge in [0, 0.05) is 24.0 Å². The first-order valence-electron chi connectivity index (χ1n) is 7.84. The highest BCUT2D eigenvalue weighted by Crippen LogP contribution is 2.29. The zero-order chi connectivity index (χ0) is 17.3. The Labute approximate surface area is 139 Å². The van der Waals surface area contributed by atoms with E-state index < -0.39 is 17.6 Å². The number of nitrogens with one attached hydrogen (secondary N) is 2. The normalized spacial score (nSPS) is 16.4. The standard InChI is InChI=1S/C17H19FN4O2/c1-10-6-7-11(8-13(10)18)20-16(23)17(24)21-14-4-3-5-15-12(14)9-19-22(15)2/h6-9,14H,3-5H2,1-2H3,(H,20,23)(H,21,24). The van der Waals surface area contributed by atoms with Gasteiger partial charge in [0.15, 0.2) is 0 Å². The van der Waals surface area contributed by atoms with Crippen LogP contribution in [0.5, 0.6) is 0 Å². The fraction of sp³-hybridized carbons (Fsp3) is 0.353. The summed E-state index contributed by atoms with van der Waals surface area (Å²) >= 11 is 0. The lowest BCUT2D eigenvalue weighted by atomic mass is 9.93. The number of fused-ring (bicyclic) bond motifs is 1. The first-order valence-corrected chi connectivity index (χ1v) is 7.84. The predicted molar refractivity (Wildman–Crippen MR) is 86.8 cm³/mol. The number of anilines is 1.